The molecule has 0 saturated carbocycles. The van der Waals surface area contributed by atoms with Crippen LogP contribution < -0.4 is 5.32 Å². The molecule has 0 spiro atoms. The summed E-state index contributed by atoms with van der Waals surface area (Å²) in [7, 11) is 1.83. The molecule has 19 heavy (non-hydrogen) atoms. The highest BCUT2D eigenvalue weighted by molar-refractivity contribution is 7.13. The number of nitrogens with zero attached hydrogens (tertiary/aromatic N) is 2. The first kappa shape index (κ1) is 13.9. The number of hydrogen-bond acceptors (Lipinski definition) is 6. The van der Waals surface area contributed by atoms with E-state index in [1.807, 2.05) is 7.05 Å². The van der Waals surface area contributed by atoms with Gasteiger partial charge in [-0.05, 0) is 7.05 Å². The van der Waals surface area contributed by atoms with Gasteiger partial charge in [0.25, 0.3) is 5.91 Å². The molecule has 1 saturated heterocycles. The van der Waals surface area contributed by atoms with Gasteiger partial charge in [-0.3, -0.25) is 14.9 Å². The van der Waals surface area contributed by atoms with Crippen LogP contribution in [0.3, 0.4) is 0 Å². The fraction of sp³-hybridized carbons (Fsp3) is 0.545. The Hall–Kier alpha value is -1.51. The van der Waals surface area contributed by atoms with Crippen molar-refractivity contribution in [2.24, 2.45) is 0 Å². The number of carbonyl (C=O) groups is 1. The van der Waals surface area contributed by atoms with E-state index in [4.69, 9.17) is 4.74 Å². The Morgan fingerprint density at radius 3 is 3.16 bits per heavy atom. The summed E-state index contributed by atoms with van der Waals surface area (Å²) >= 11 is 0.971. The Balaban J connectivity index is 2.03. The molecule has 1 aliphatic rings. The van der Waals surface area contributed by atoms with Crippen LogP contribution in [0, 0.1) is 10.1 Å². The Bertz CT molecular complexity index is 474. The van der Waals surface area contributed by atoms with E-state index in [1.165, 1.54) is 11.4 Å². The number of carbonyl (C=O) groups excluding carboxylic acids is 1. The number of nitro groups is 1. The van der Waals surface area contributed by atoms with Gasteiger partial charge in [0.2, 0.25) is 0 Å². The Labute approximate surface area is 114 Å². The average Bonchev–Trinajstić information content (AvgIpc) is 2.88. The molecule has 0 aromatic carbocycles. The minimum absolute atomic E-state index is 0.0108. The smallest absolute Gasteiger partial charge is 0.324 e. The molecule has 1 aromatic heterocycles. The number of ether oxygens (including phenoxy) is 1. The van der Waals surface area contributed by atoms with E-state index in [-0.39, 0.29) is 17.0 Å². The summed E-state index contributed by atoms with van der Waals surface area (Å²) in [5.41, 5.74) is 0.377. The van der Waals surface area contributed by atoms with Crippen molar-refractivity contribution in [1.29, 1.82) is 0 Å². The molecule has 2 heterocycles. The largest absolute Gasteiger partial charge is 0.373 e. The summed E-state index contributed by atoms with van der Waals surface area (Å²) in [4.78, 5) is 24.0. The normalized spacial score (nSPS) is 19.4. The molecule has 1 unspecified atom stereocenters. The van der Waals surface area contributed by atoms with Gasteiger partial charge >= 0.3 is 5.00 Å². The second-order valence-corrected chi connectivity index (χ2v) is 5.12. The molecule has 2 rings (SSSR count). The molecular formula is C11H15N3O4S. The van der Waals surface area contributed by atoms with Crippen LogP contribution >= 0.6 is 11.3 Å². The van der Waals surface area contributed by atoms with E-state index in [9.17, 15) is 14.9 Å². The lowest BCUT2D eigenvalue weighted by Crippen LogP contribution is -2.48. The van der Waals surface area contributed by atoms with Crippen LogP contribution in [0.2, 0.25) is 0 Å². The van der Waals surface area contributed by atoms with Gasteiger partial charge in [-0.2, -0.15) is 0 Å². The number of nitrogens with one attached hydrogen (secondary N) is 1. The molecule has 104 valence electrons. The van der Waals surface area contributed by atoms with Crippen molar-refractivity contribution in [1.82, 2.24) is 10.2 Å². The lowest BCUT2D eigenvalue weighted by Gasteiger charge is -2.32. The zero-order valence-corrected chi connectivity index (χ0v) is 11.3. The fourth-order valence-electron chi connectivity index (χ4n) is 1.97. The summed E-state index contributed by atoms with van der Waals surface area (Å²) in [6.45, 7) is 2.18. The van der Waals surface area contributed by atoms with Gasteiger partial charge < -0.3 is 15.0 Å². The van der Waals surface area contributed by atoms with Crippen molar-refractivity contribution in [2.75, 3.05) is 33.3 Å². The minimum Gasteiger partial charge on any atom is -0.373 e. The van der Waals surface area contributed by atoms with Crippen LogP contribution in [0.4, 0.5) is 5.00 Å². The molecule has 7 nitrogen and oxygen atoms in total. The third-order valence-corrected chi connectivity index (χ3v) is 3.75. The molecule has 1 aromatic rings. The monoisotopic (exact) mass is 285 g/mol. The maximum Gasteiger partial charge on any atom is 0.324 e. The van der Waals surface area contributed by atoms with Crippen LogP contribution in [0.15, 0.2) is 11.4 Å². The summed E-state index contributed by atoms with van der Waals surface area (Å²) < 4.78 is 5.52. The zero-order valence-electron chi connectivity index (χ0n) is 10.5. The maximum atomic E-state index is 12.2. The van der Waals surface area contributed by atoms with Gasteiger partial charge in [0, 0.05) is 31.1 Å². The Morgan fingerprint density at radius 1 is 1.74 bits per heavy atom. The minimum atomic E-state index is -0.482. The number of morpholine rings is 1. The van der Waals surface area contributed by atoms with Gasteiger partial charge in [0.05, 0.1) is 23.2 Å². The van der Waals surface area contributed by atoms with Crippen LogP contribution in [-0.4, -0.2) is 55.1 Å². The molecule has 0 radical (unpaired) electrons. The summed E-state index contributed by atoms with van der Waals surface area (Å²) in [6, 6.07) is 1.33. The summed E-state index contributed by atoms with van der Waals surface area (Å²) in [5, 5.41) is 15.1. The van der Waals surface area contributed by atoms with E-state index in [0.717, 1.165) is 11.3 Å². The first-order chi connectivity index (χ1) is 9.11. The molecule has 0 aliphatic carbocycles. The molecule has 8 heteroatoms. The lowest BCUT2D eigenvalue weighted by molar-refractivity contribution is -0.380. The van der Waals surface area contributed by atoms with Crippen LogP contribution in [0.5, 0.6) is 0 Å². The van der Waals surface area contributed by atoms with Gasteiger partial charge in [0.1, 0.15) is 0 Å². The predicted molar refractivity (Wildman–Crippen MR) is 70.5 cm³/mol. The summed E-state index contributed by atoms with van der Waals surface area (Å²) in [5.74, 6) is -0.172. The van der Waals surface area contributed by atoms with Gasteiger partial charge in [-0.1, -0.05) is 11.3 Å². The second kappa shape index (κ2) is 6.09. The van der Waals surface area contributed by atoms with Crippen molar-refractivity contribution in [3.05, 3.63) is 27.1 Å². The van der Waals surface area contributed by atoms with Crippen LogP contribution in [0.25, 0.3) is 0 Å². The predicted octanol–water partition coefficient (Wildman–Crippen LogP) is 0.717. The van der Waals surface area contributed by atoms with Crippen molar-refractivity contribution in [2.45, 2.75) is 6.10 Å². The van der Waals surface area contributed by atoms with Gasteiger partial charge in [-0.25, -0.2) is 0 Å². The number of thiophene rings is 1. The van der Waals surface area contributed by atoms with Gasteiger partial charge in [-0.15, -0.1) is 0 Å². The van der Waals surface area contributed by atoms with Crippen LogP contribution in [-0.2, 0) is 4.74 Å². The van der Waals surface area contributed by atoms with E-state index >= 15 is 0 Å². The molecule has 0 bridgehead atoms. The summed E-state index contributed by atoms with van der Waals surface area (Å²) in [6.07, 6.45) is -0.0312. The topological polar surface area (TPSA) is 84.7 Å². The SMILES string of the molecule is CNCC1CN(C(=O)c2csc([N+](=O)[O-])c2)CCO1. The van der Waals surface area contributed by atoms with Crippen molar-refractivity contribution >= 4 is 22.2 Å². The highest BCUT2D eigenvalue weighted by Gasteiger charge is 2.26. The Kier molecular flexibility index (Phi) is 4.46. The quantitative estimate of drug-likeness (QED) is 0.651. The maximum absolute atomic E-state index is 12.2. The van der Waals surface area contributed by atoms with E-state index in [2.05, 4.69) is 5.32 Å². The number of likely N-dealkylation sites (N-methyl/N-ethyl adjacent to an activating group) is 1. The number of hydrogen-bond donors (Lipinski definition) is 1. The van der Waals surface area contributed by atoms with Crippen molar-refractivity contribution in [3.8, 4) is 0 Å². The first-order valence-corrected chi connectivity index (χ1v) is 6.78. The average molecular weight is 285 g/mol. The van der Waals surface area contributed by atoms with Crippen molar-refractivity contribution < 1.29 is 14.5 Å². The molecule has 1 fully saturated rings. The molecule has 1 N–H and O–H groups in total. The van der Waals surface area contributed by atoms with Crippen LogP contribution in [0.1, 0.15) is 10.4 Å². The second-order valence-electron chi connectivity index (χ2n) is 4.23. The van der Waals surface area contributed by atoms with E-state index in [0.29, 0.717) is 31.8 Å². The molecule has 1 atom stereocenters. The molecule has 1 amide bonds. The van der Waals surface area contributed by atoms with E-state index < -0.39 is 4.92 Å². The fourth-order valence-corrected chi connectivity index (χ4v) is 2.67. The molecular weight excluding hydrogens is 270 g/mol. The standard InChI is InChI=1S/C11H15N3O4S/c1-12-5-9-6-13(2-3-18-9)11(15)8-4-10(14(16)17)19-7-8/h4,7,9,12H,2-3,5-6H2,1H3. The van der Waals surface area contributed by atoms with Crippen molar-refractivity contribution in [3.63, 3.8) is 0 Å². The molecule has 1 aliphatic heterocycles. The first-order valence-electron chi connectivity index (χ1n) is 5.90. The van der Waals surface area contributed by atoms with E-state index in [1.54, 1.807) is 4.90 Å². The highest BCUT2D eigenvalue weighted by Crippen LogP contribution is 2.24. The lowest BCUT2D eigenvalue weighted by atomic mass is 10.2. The number of rotatable bonds is 4. The third kappa shape index (κ3) is 3.28. The number of amides is 1. The third-order valence-electron chi connectivity index (χ3n) is 2.87. The van der Waals surface area contributed by atoms with Gasteiger partial charge in [0.15, 0.2) is 0 Å². The highest BCUT2D eigenvalue weighted by atomic mass is 32.1. The zero-order chi connectivity index (χ0) is 13.8. The Morgan fingerprint density at radius 2 is 2.53 bits per heavy atom.